The molecule has 18 heavy (non-hydrogen) atoms. The van der Waals surface area contributed by atoms with Crippen LogP contribution in [0.5, 0.6) is 11.5 Å². The normalized spacial score (nSPS) is 16.1. The van der Waals surface area contributed by atoms with Gasteiger partial charge in [0.05, 0.1) is 13.2 Å². The maximum absolute atomic E-state index is 8.91. The molecule has 0 aliphatic carbocycles. The van der Waals surface area contributed by atoms with Crippen LogP contribution in [-0.2, 0) is 0 Å². The van der Waals surface area contributed by atoms with Crippen LogP contribution in [0.25, 0.3) is 0 Å². The summed E-state index contributed by atoms with van der Waals surface area (Å²) in [6.45, 7) is 1.65. The molecule has 1 aliphatic rings. The molecule has 100 valence electrons. The summed E-state index contributed by atoms with van der Waals surface area (Å²) in [5.41, 5.74) is 1.18. The average molecular weight is 251 g/mol. The highest BCUT2D eigenvalue weighted by Crippen LogP contribution is 2.33. The summed E-state index contributed by atoms with van der Waals surface area (Å²) in [4.78, 5) is 0. The fourth-order valence-corrected chi connectivity index (χ4v) is 2.17. The SMILES string of the molecule is CNC(CCCO)c1ccc2c(c1)OCCCO2. The van der Waals surface area contributed by atoms with Crippen molar-refractivity contribution in [2.45, 2.75) is 25.3 Å². The zero-order chi connectivity index (χ0) is 12.8. The van der Waals surface area contributed by atoms with Gasteiger partial charge in [-0.25, -0.2) is 0 Å². The van der Waals surface area contributed by atoms with E-state index < -0.39 is 0 Å². The third-order valence-electron chi connectivity index (χ3n) is 3.17. The van der Waals surface area contributed by atoms with Gasteiger partial charge in [0, 0.05) is 19.1 Å². The van der Waals surface area contributed by atoms with Crippen molar-refractivity contribution in [1.82, 2.24) is 5.32 Å². The summed E-state index contributed by atoms with van der Waals surface area (Å²) in [6.07, 6.45) is 2.62. The number of fused-ring (bicyclic) bond motifs is 1. The minimum absolute atomic E-state index is 0.225. The summed E-state index contributed by atoms with van der Waals surface area (Å²) in [7, 11) is 1.94. The van der Waals surface area contributed by atoms with E-state index >= 15 is 0 Å². The molecule has 1 aliphatic heterocycles. The van der Waals surface area contributed by atoms with Crippen LogP contribution in [-0.4, -0.2) is 32.0 Å². The van der Waals surface area contributed by atoms with Crippen LogP contribution in [0.4, 0.5) is 0 Å². The van der Waals surface area contributed by atoms with Crippen molar-refractivity contribution in [1.29, 1.82) is 0 Å². The van der Waals surface area contributed by atoms with Crippen LogP contribution in [0.3, 0.4) is 0 Å². The highest BCUT2D eigenvalue weighted by molar-refractivity contribution is 5.44. The second-order valence-corrected chi connectivity index (χ2v) is 4.46. The lowest BCUT2D eigenvalue weighted by Crippen LogP contribution is -2.16. The molecular weight excluding hydrogens is 230 g/mol. The van der Waals surface area contributed by atoms with Gasteiger partial charge in [-0.05, 0) is 37.6 Å². The molecule has 0 fully saturated rings. The van der Waals surface area contributed by atoms with E-state index in [4.69, 9.17) is 14.6 Å². The predicted octanol–water partition coefficient (Wildman–Crippen LogP) is 1.88. The molecule has 2 N–H and O–H groups in total. The zero-order valence-corrected chi connectivity index (χ0v) is 10.8. The molecule has 0 radical (unpaired) electrons. The summed E-state index contributed by atoms with van der Waals surface area (Å²) >= 11 is 0. The Morgan fingerprint density at radius 3 is 2.78 bits per heavy atom. The molecule has 4 heteroatoms. The molecule has 0 bridgehead atoms. The number of hydrogen-bond acceptors (Lipinski definition) is 4. The lowest BCUT2D eigenvalue weighted by molar-refractivity contribution is 0.276. The topological polar surface area (TPSA) is 50.7 Å². The number of rotatable bonds is 5. The molecule has 0 saturated heterocycles. The molecule has 0 aromatic heterocycles. The Bertz CT molecular complexity index is 381. The molecule has 4 nitrogen and oxygen atoms in total. The summed E-state index contributed by atoms with van der Waals surface area (Å²) in [5, 5.41) is 12.2. The van der Waals surface area contributed by atoms with Crippen LogP contribution in [0.1, 0.15) is 30.9 Å². The molecule has 1 aromatic carbocycles. The number of ether oxygens (including phenoxy) is 2. The van der Waals surface area contributed by atoms with Gasteiger partial charge in [0.2, 0.25) is 0 Å². The Morgan fingerprint density at radius 2 is 2.06 bits per heavy atom. The van der Waals surface area contributed by atoms with Crippen molar-refractivity contribution in [2.24, 2.45) is 0 Å². The standard InChI is InChI=1S/C14H21NO3/c1-15-12(4-2-7-16)11-5-6-13-14(10-11)18-9-3-8-17-13/h5-6,10,12,15-16H,2-4,7-9H2,1H3. The Hall–Kier alpha value is -1.26. The van der Waals surface area contributed by atoms with Crippen molar-refractivity contribution in [3.63, 3.8) is 0 Å². The number of nitrogens with one attached hydrogen (secondary N) is 1. The van der Waals surface area contributed by atoms with Crippen molar-refractivity contribution in [2.75, 3.05) is 26.9 Å². The average Bonchev–Trinajstić information content (AvgIpc) is 2.64. The van der Waals surface area contributed by atoms with Crippen molar-refractivity contribution in [3.8, 4) is 11.5 Å². The maximum Gasteiger partial charge on any atom is 0.161 e. The van der Waals surface area contributed by atoms with Crippen LogP contribution < -0.4 is 14.8 Å². The number of hydrogen-bond donors (Lipinski definition) is 2. The summed E-state index contributed by atoms with van der Waals surface area (Å²) in [6, 6.07) is 6.32. The molecule has 0 amide bonds. The van der Waals surface area contributed by atoms with Crippen LogP contribution in [0.15, 0.2) is 18.2 Å². The minimum Gasteiger partial charge on any atom is -0.490 e. The van der Waals surface area contributed by atoms with Gasteiger partial charge in [-0.1, -0.05) is 6.07 Å². The molecule has 1 heterocycles. The predicted molar refractivity (Wildman–Crippen MR) is 70.2 cm³/mol. The highest BCUT2D eigenvalue weighted by atomic mass is 16.5. The largest absolute Gasteiger partial charge is 0.490 e. The van der Waals surface area contributed by atoms with E-state index in [1.165, 1.54) is 5.56 Å². The zero-order valence-electron chi connectivity index (χ0n) is 10.8. The van der Waals surface area contributed by atoms with Crippen molar-refractivity contribution in [3.05, 3.63) is 23.8 Å². The Morgan fingerprint density at radius 1 is 1.28 bits per heavy atom. The number of benzene rings is 1. The van der Waals surface area contributed by atoms with Gasteiger partial charge in [0.25, 0.3) is 0 Å². The lowest BCUT2D eigenvalue weighted by atomic mass is 10.0. The molecule has 1 aromatic rings. The van der Waals surface area contributed by atoms with Gasteiger partial charge in [-0.3, -0.25) is 0 Å². The van der Waals surface area contributed by atoms with Gasteiger partial charge < -0.3 is 19.9 Å². The van der Waals surface area contributed by atoms with Gasteiger partial charge in [-0.2, -0.15) is 0 Å². The van der Waals surface area contributed by atoms with Gasteiger partial charge in [0.1, 0.15) is 0 Å². The third kappa shape index (κ3) is 3.15. The van der Waals surface area contributed by atoms with Crippen LogP contribution >= 0.6 is 0 Å². The second kappa shape index (κ2) is 6.61. The van der Waals surface area contributed by atoms with Crippen molar-refractivity contribution >= 4 is 0 Å². The van der Waals surface area contributed by atoms with E-state index in [1.807, 2.05) is 19.2 Å². The Labute approximate surface area is 108 Å². The smallest absolute Gasteiger partial charge is 0.161 e. The quantitative estimate of drug-likeness (QED) is 0.839. The molecule has 1 unspecified atom stereocenters. The lowest BCUT2D eigenvalue weighted by Gasteiger charge is -2.18. The van der Waals surface area contributed by atoms with Gasteiger partial charge in [0.15, 0.2) is 11.5 Å². The molecule has 2 rings (SSSR count). The first-order valence-electron chi connectivity index (χ1n) is 6.53. The summed E-state index contributed by atoms with van der Waals surface area (Å²) in [5.74, 6) is 1.66. The first-order valence-corrected chi connectivity index (χ1v) is 6.53. The van der Waals surface area contributed by atoms with Gasteiger partial charge >= 0.3 is 0 Å². The fraction of sp³-hybridized carbons (Fsp3) is 0.571. The van der Waals surface area contributed by atoms with E-state index in [0.29, 0.717) is 13.2 Å². The van der Waals surface area contributed by atoms with E-state index in [0.717, 1.165) is 30.8 Å². The van der Waals surface area contributed by atoms with E-state index in [1.54, 1.807) is 0 Å². The Balaban J connectivity index is 2.15. The molecule has 0 saturated carbocycles. The maximum atomic E-state index is 8.91. The first kappa shape index (κ1) is 13.2. The number of aliphatic hydroxyl groups excluding tert-OH is 1. The van der Waals surface area contributed by atoms with Crippen LogP contribution in [0.2, 0.25) is 0 Å². The van der Waals surface area contributed by atoms with Gasteiger partial charge in [-0.15, -0.1) is 0 Å². The van der Waals surface area contributed by atoms with Crippen LogP contribution in [0, 0.1) is 0 Å². The molecule has 1 atom stereocenters. The van der Waals surface area contributed by atoms with Crippen molar-refractivity contribution < 1.29 is 14.6 Å². The van der Waals surface area contributed by atoms with E-state index in [9.17, 15) is 0 Å². The third-order valence-corrected chi connectivity index (χ3v) is 3.17. The molecule has 0 spiro atoms. The van der Waals surface area contributed by atoms with E-state index in [2.05, 4.69) is 11.4 Å². The first-order chi connectivity index (χ1) is 8.85. The molecular formula is C14H21NO3. The monoisotopic (exact) mass is 251 g/mol. The second-order valence-electron chi connectivity index (χ2n) is 4.46. The minimum atomic E-state index is 0.225. The Kier molecular flexibility index (Phi) is 4.84. The highest BCUT2D eigenvalue weighted by Gasteiger charge is 2.14. The van der Waals surface area contributed by atoms with E-state index in [-0.39, 0.29) is 12.6 Å². The fourth-order valence-electron chi connectivity index (χ4n) is 2.17. The summed E-state index contributed by atoms with van der Waals surface area (Å²) < 4.78 is 11.3. The number of aliphatic hydroxyl groups is 1.